The van der Waals surface area contributed by atoms with Gasteiger partial charge in [-0.25, -0.2) is 0 Å². The molecule has 0 atom stereocenters. The third-order valence-electron chi connectivity index (χ3n) is 3.75. The van der Waals surface area contributed by atoms with Gasteiger partial charge in [0.25, 0.3) is 5.24 Å². The Morgan fingerprint density at radius 1 is 0.875 bits per heavy atom. The van der Waals surface area contributed by atoms with Crippen molar-refractivity contribution >= 4 is 17.0 Å². The molecule has 2 saturated carbocycles. The van der Waals surface area contributed by atoms with Crippen molar-refractivity contribution in [1.82, 2.24) is 5.32 Å². The summed E-state index contributed by atoms with van der Waals surface area (Å²) >= 11 is 1.56. The summed E-state index contributed by atoms with van der Waals surface area (Å²) in [6, 6.07) is 0.470. The van der Waals surface area contributed by atoms with Crippen LogP contribution in [0.2, 0.25) is 0 Å². The van der Waals surface area contributed by atoms with E-state index in [0.29, 0.717) is 11.3 Å². The number of carbonyl (C=O) groups excluding carboxylic acids is 1. The molecular weight excluding hydrogens is 218 g/mol. The minimum atomic E-state index is 0.235. The van der Waals surface area contributed by atoms with Crippen LogP contribution in [0.25, 0.3) is 0 Å². The Morgan fingerprint density at radius 3 is 2.06 bits per heavy atom. The summed E-state index contributed by atoms with van der Waals surface area (Å²) in [7, 11) is 0. The minimum absolute atomic E-state index is 0.235. The largest absolute Gasteiger partial charge is 0.344 e. The quantitative estimate of drug-likeness (QED) is 0.788. The molecule has 0 heterocycles. The predicted molar refractivity (Wildman–Crippen MR) is 69.9 cm³/mol. The minimum Gasteiger partial charge on any atom is -0.344 e. The van der Waals surface area contributed by atoms with E-state index in [0.717, 1.165) is 0 Å². The van der Waals surface area contributed by atoms with E-state index in [1.807, 2.05) is 0 Å². The van der Waals surface area contributed by atoms with Crippen molar-refractivity contribution in [2.24, 2.45) is 0 Å². The van der Waals surface area contributed by atoms with Gasteiger partial charge < -0.3 is 5.32 Å². The van der Waals surface area contributed by atoms with Gasteiger partial charge in [0.2, 0.25) is 0 Å². The monoisotopic (exact) mass is 241 g/mol. The summed E-state index contributed by atoms with van der Waals surface area (Å²) in [5, 5.41) is 4.02. The van der Waals surface area contributed by atoms with Gasteiger partial charge >= 0.3 is 0 Å². The number of thioether (sulfide) groups is 1. The van der Waals surface area contributed by atoms with Gasteiger partial charge in [0, 0.05) is 11.3 Å². The molecule has 2 rings (SSSR count). The SMILES string of the molecule is O=C(NC1CCCCC1)SC1CCCCC1. The fourth-order valence-corrected chi connectivity index (χ4v) is 3.89. The van der Waals surface area contributed by atoms with Gasteiger partial charge in [0.15, 0.2) is 0 Å². The van der Waals surface area contributed by atoms with Gasteiger partial charge in [0.1, 0.15) is 0 Å². The topological polar surface area (TPSA) is 29.1 Å². The molecule has 16 heavy (non-hydrogen) atoms. The van der Waals surface area contributed by atoms with Gasteiger partial charge in [0.05, 0.1) is 0 Å². The van der Waals surface area contributed by atoms with E-state index >= 15 is 0 Å². The molecule has 0 saturated heterocycles. The Bertz CT molecular complexity index is 198. The van der Waals surface area contributed by atoms with Crippen molar-refractivity contribution in [1.29, 1.82) is 0 Å². The van der Waals surface area contributed by atoms with Crippen LogP contribution in [0.1, 0.15) is 64.2 Å². The molecule has 0 aliphatic heterocycles. The maximum absolute atomic E-state index is 11.8. The molecule has 1 amide bonds. The fraction of sp³-hybridized carbons (Fsp3) is 0.923. The smallest absolute Gasteiger partial charge is 0.279 e. The number of hydrogen-bond acceptors (Lipinski definition) is 2. The lowest BCUT2D eigenvalue weighted by molar-refractivity contribution is 0.253. The summed E-state index contributed by atoms with van der Waals surface area (Å²) < 4.78 is 0. The Hall–Kier alpha value is -0.180. The normalized spacial score (nSPS) is 24.2. The van der Waals surface area contributed by atoms with E-state index < -0.39 is 0 Å². The maximum atomic E-state index is 11.8. The number of carbonyl (C=O) groups is 1. The number of hydrogen-bond donors (Lipinski definition) is 1. The molecule has 0 spiro atoms. The zero-order valence-electron chi connectivity index (χ0n) is 10.0. The fourth-order valence-electron chi connectivity index (χ4n) is 2.78. The van der Waals surface area contributed by atoms with Crippen molar-refractivity contribution in [3.05, 3.63) is 0 Å². The van der Waals surface area contributed by atoms with E-state index in [9.17, 15) is 4.79 Å². The van der Waals surface area contributed by atoms with Crippen LogP contribution < -0.4 is 5.32 Å². The summed E-state index contributed by atoms with van der Waals surface area (Å²) in [6.07, 6.45) is 12.8. The van der Waals surface area contributed by atoms with Crippen LogP contribution in [0, 0.1) is 0 Å². The summed E-state index contributed by atoms with van der Waals surface area (Å²) in [6.45, 7) is 0. The molecule has 3 heteroatoms. The summed E-state index contributed by atoms with van der Waals surface area (Å²) in [5.74, 6) is 0. The van der Waals surface area contributed by atoms with E-state index in [2.05, 4.69) is 5.32 Å². The molecule has 0 unspecified atom stereocenters. The first kappa shape index (κ1) is 12.3. The van der Waals surface area contributed by atoms with Crippen LogP contribution in [0.5, 0.6) is 0 Å². The molecule has 2 aliphatic carbocycles. The average Bonchev–Trinajstić information content (AvgIpc) is 2.31. The molecular formula is C13H23NOS. The van der Waals surface area contributed by atoms with E-state index in [4.69, 9.17) is 0 Å². The number of amides is 1. The second-order valence-electron chi connectivity index (χ2n) is 5.14. The Labute approximate surface area is 103 Å². The zero-order chi connectivity index (χ0) is 11.2. The van der Waals surface area contributed by atoms with Crippen LogP contribution in [0.15, 0.2) is 0 Å². The predicted octanol–water partition coefficient (Wildman–Crippen LogP) is 4.09. The first-order valence-electron chi connectivity index (χ1n) is 6.82. The molecule has 0 bridgehead atoms. The van der Waals surface area contributed by atoms with E-state index in [1.54, 1.807) is 11.8 Å². The molecule has 2 nitrogen and oxygen atoms in total. The first-order valence-corrected chi connectivity index (χ1v) is 7.70. The van der Waals surface area contributed by atoms with Gasteiger partial charge in [-0.1, -0.05) is 50.3 Å². The molecule has 1 N–H and O–H groups in total. The van der Waals surface area contributed by atoms with Crippen LogP contribution >= 0.6 is 11.8 Å². The van der Waals surface area contributed by atoms with Crippen LogP contribution in [0.4, 0.5) is 4.79 Å². The van der Waals surface area contributed by atoms with Gasteiger partial charge in [-0.05, 0) is 25.7 Å². The van der Waals surface area contributed by atoms with Crippen molar-refractivity contribution < 1.29 is 4.79 Å². The third kappa shape index (κ3) is 4.00. The first-order chi connectivity index (χ1) is 7.84. The molecule has 2 aliphatic rings. The molecule has 0 radical (unpaired) electrons. The number of rotatable bonds is 2. The molecule has 0 aromatic carbocycles. The highest BCUT2D eigenvalue weighted by molar-refractivity contribution is 8.14. The maximum Gasteiger partial charge on any atom is 0.279 e. The molecule has 2 fully saturated rings. The van der Waals surface area contributed by atoms with Crippen molar-refractivity contribution in [3.63, 3.8) is 0 Å². The van der Waals surface area contributed by atoms with Gasteiger partial charge in [-0.3, -0.25) is 4.79 Å². The van der Waals surface area contributed by atoms with Crippen LogP contribution in [-0.4, -0.2) is 16.5 Å². The average molecular weight is 241 g/mol. The summed E-state index contributed by atoms with van der Waals surface area (Å²) in [5.41, 5.74) is 0. The Balaban J connectivity index is 1.66. The molecule has 92 valence electrons. The lowest BCUT2D eigenvalue weighted by Crippen LogP contribution is -2.34. The highest BCUT2D eigenvalue weighted by Gasteiger charge is 2.20. The molecule has 0 aromatic heterocycles. The van der Waals surface area contributed by atoms with Crippen molar-refractivity contribution in [2.45, 2.75) is 75.5 Å². The third-order valence-corrected chi connectivity index (χ3v) is 4.89. The van der Waals surface area contributed by atoms with E-state index in [-0.39, 0.29) is 5.24 Å². The summed E-state index contributed by atoms with van der Waals surface area (Å²) in [4.78, 5) is 11.8. The molecule has 0 aromatic rings. The van der Waals surface area contributed by atoms with Gasteiger partial charge in [-0.15, -0.1) is 0 Å². The van der Waals surface area contributed by atoms with Crippen molar-refractivity contribution in [2.75, 3.05) is 0 Å². The number of nitrogens with one attached hydrogen (secondary N) is 1. The lowest BCUT2D eigenvalue weighted by atomic mass is 9.96. The highest BCUT2D eigenvalue weighted by Crippen LogP contribution is 2.29. The van der Waals surface area contributed by atoms with Crippen molar-refractivity contribution in [3.8, 4) is 0 Å². The Morgan fingerprint density at radius 2 is 1.44 bits per heavy atom. The van der Waals surface area contributed by atoms with Gasteiger partial charge in [-0.2, -0.15) is 0 Å². The second-order valence-corrected chi connectivity index (χ2v) is 6.42. The van der Waals surface area contributed by atoms with Crippen LogP contribution in [-0.2, 0) is 0 Å². The Kier molecular flexibility index (Phi) is 5.01. The lowest BCUT2D eigenvalue weighted by Gasteiger charge is -2.25. The zero-order valence-corrected chi connectivity index (χ0v) is 10.9. The van der Waals surface area contributed by atoms with E-state index in [1.165, 1.54) is 64.2 Å². The highest BCUT2D eigenvalue weighted by atomic mass is 32.2. The van der Waals surface area contributed by atoms with Crippen LogP contribution in [0.3, 0.4) is 0 Å². The second kappa shape index (κ2) is 6.53. The standard InChI is InChI=1S/C13H23NOS/c15-13(14-11-7-3-1-4-8-11)16-12-9-5-2-6-10-12/h11-12H,1-10H2,(H,14,15).